The Labute approximate surface area is 123 Å². The van der Waals surface area contributed by atoms with Gasteiger partial charge in [0.05, 0.1) is 12.3 Å². The minimum absolute atomic E-state index is 0.0539. The third-order valence-corrected chi connectivity index (χ3v) is 3.85. The SMILES string of the molecule is Cn1ccnc1C(NC1CCCCNC1=O)c1ccco1. The molecule has 1 fully saturated rings. The van der Waals surface area contributed by atoms with Crippen molar-refractivity contribution in [2.75, 3.05) is 6.54 Å². The van der Waals surface area contributed by atoms with E-state index in [9.17, 15) is 4.79 Å². The van der Waals surface area contributed by atoms with Crippen LogP contribution >= 0.6 is 0 Å². The van der Waals surface area contributed by atoms with Crippen LogP contribution in [0.15, 0.2) is 35.2 Å². The Kier molecular flexibility index (Phi) is 4.06. The molecule has 3 heterocycles. The normalized spacial score (nSPS) is 20.8. The van der Waals surface area contributed by atoms with E-state index in [1.54, 1.807) is 12.5 Å². The van der Waals surface area contributed by atoms with Gasteiger partial charge in [0.25, 0.3) is 0 Å². The highest BCUT2D eigenvalue weighted by Gasteiger charge is 2.28. The predicted molar refractivity (Wildman–Crippen MR) is 77.5 cm³/mol. The summed E-state index contributed by atoms with van der Waals surface area (Å²) in [7, 11) is 1.94. The molecule has 2 unspecified atom stereocenters. The van der Waals surface area contributed by atoms with Crippen molar-refractivity contribution in [3.05, 3.63) is 42.4 Å². The minimum atomic E-state index is -0.228. The van der Waals surface area contributed by atoms with Gasteiger partial charge in [-0.1, -0.05) is 0 Å². The first-order valence-electron chi connectivity index (χ1n) is 7.30. The molecule has 0 saturated carbocycles. The number of amides is 1. The van der Waals surface area contributed by atoms with E-state index in [-0.39, 0.29) is 18.0 Å². The number of nitrogens with one attached hydrogen (secondary N) is 2. The van der Waals surface area contributed by atoms with Gasteiger partial charge in [0, 0.05) is 26.0 Å². The second-order valence-electron chi connectivity index (χ2n) is 5.35. The molecular formula is C15H20N4O2. The van der Waals surface area contributed by atoms with Crippen LogP contribution in [0.3, 0.4) is 0 Å². The molecule has 112 valence electrons. The van der Waals surface area contributed by atoms with Crippen LogP contribution in [0.2, 0.25) is 0 Å². The van der Waals surface area contributed by atoms with E-state index in [0.717, 1.165) is 37.4 Å². The summed E-state index contributed by atoms with van der Waals surface area (Å²) in [6.45, 7) is 0.755. The average molecular weight is 288 g/mol. The fourth-order valence-electron chi connectivity index (χ4n) is 2.69. The predicted octanol–water partition coefficient (Wildman–Crippen LogP) is 1.36. The van der Waals surface area contributed by atoms with Crippen molar-refractivity contribution >= 4 is 5.91 Å². The van der Waals surface area contributed by atoms with Crippen LogP contribution in [-0.4, -0.2) is 28.0 Å². The number of imidazole rings is 1. The molecule has 3 rings (SSSR count). The molecule has 2 aromatic heterocycles. The molecule has 21 heavy (non-hydrogen) atoms. The van der Waals surface area contributed by atoms with Gasteiger partial charge >= 0.3 is 0 Å². The third kappa shape index (κ3) is 3.00. The first-order valence-corrected chi connectivity index (χ1v) is 7.30. The molecule has 0 bridgehead atoms. The lowest BCUT2D eigenvalue weighted by molar-refractivity contribution is -0.123. The maximum absolute atomic E-state index is 12.1. The summed E-state index contributed by atoms with van der Waals surface area (Å²) in [6, 6.07) is 3.30. The zero-order valence-corrected chi connectivity index (χ0v) is 12.1. The molecule has 0 radical (unpaired) electrons. The molecule has 1 amide bonds. The van der Waals surface area contributed by atoms with Gasteiger partial charge in [-0.3, -0.25) is 10.1 Å². The van der Waals surface area contributed by atoms with Crippen molar-refractivity contribution in [3.63, 3.8) is 0 Å². The number of furan rings is 1. The number of carbonyl (C=O) groups is 1. The number of aromatic nitrogens is 2. The molecule has 1 aliphatic heterocycles. The van der Waals surface area contributed by atoms with Gasteiger partial charge in [-0.2, -0.15) is 0 Å². The van der Waals surface area contributed by atoms with Crippen molar-refractivity contribution in [3.8, 4) is 0 Å². The molecule has 1 saturated heterocycles. The maximum Gasteiger partial charge on any atom is 0.237 e. The lowest BCUT2D eigenvalue weighted by Crippen LogP contribution is -2.45. The summed E-state index contributed by atoms with van der Waals surface area (Å²) in [5, 5.41) is 6.35. The Morgan fingerprint density at radius 1 is 1.52 bits per heavy atom. The van der Waals surface area contributed by atoms with Crippen molar-refractivity contribution in [2.24, 2.45) is 7.05 Å². The standard InChI is InChI=1S/C15H20N4O2/c1-19-9-8-16-14(19)13(12-6-4-10-21-12)18-11-5-2-3-7-17-15(11)20/h4,6,8-11,13,18H,2-3,5,7H2,1H3,(H,17,20). The molecule has 0 spiro atoms. The van der Waals surface area contributed by atoms with Crippen LogP contribution in [0.4, 0.5) is 0 Å². The van der Waals surface area contributed by atoms with Crippen LogP contribution in [0.25, 0.3) is 0 Å². The van der Waals surface area contributed by atoms with Crippen molar-refractivity contribution in [1.29, 1.82) is 0 Å². The van der Waals surface area contributed by atoms with Crippen LogP contribution in [0.5, 0.6) is 0 Å². The van der Waals surface area contributed by atoms with Crippen molar-refractivity contribution in [2.45, 2.75) is 31.3 Å². The smallest absolute Gasteiger partial charge is 0.237 e. The van der Waals surface area contributed by atoms with Gasteiger partial charge in [0.2, 0.25) is 5.91 Å². The highest BCUT2D eigenvalue weighted by molar-refractivity contribution is 5.82. The molecule has 2 N–H and O–H groups in total. The lowest BCUT2D eigenvalue weighted by Gasteiger charge is -2.22. The van der Waals surface area contributed by atoms with E-state index >= 15 is 0 Å². The molecule has 6 nitrogen and oxygen atoms in total. The molecule has 2 atom stereocenters. The number of aryl methyl sites for hydroxylation is 1. The first-order chi connectivity index (χ1) is 10.3. The maximum atomic E-state index is 12.1. The second-order valence-corrected chi connectivity index (χ2v) is 5.35. The number of nitrogens with zero attached hydrogens (tertiary/aromatic N) is 2. The van der Waals surface area contributed by atoms with E-state index < -0.39 is 0 Å². The van der Waals surface area contributed by atoms with Crippen molar-refractivity contribution < 1.29 is 9.21 Å². The lowest BCUT2D eigenvalue weighted by atomic mass is 10.1. The Hall–Kier alpha value is -2.08. The monoisotopic (exact) mass is 288 g/mol. The van der Waals surface area contributed by atoms with Crippen LogP contribution in [0.1, 0.15) is 36.9 Å². The van der Waals surface area contributed by atoms with E-state index in [2.05, 4.69) is 15.6 Å². The largest absolute Gasteiger partial charge is 0.467 e. The summed E-state index contributed by atoms with van der Waals surface area (Å²) in [4.78, 5) is 16.5. The van der Waals surface area contributed by atoms with Crippen LogP contribution in [0, 0.1) is 0 Å². The molecule has 2 aromatic rings. The van der Waals surface area contributed by atoms with Gasteiger partial charge in [0.15, 0.2) is 0 Å². The Morgan fingerprint density at radius 2 is 2.43 bits per heavy atom. The summed E-state index contributed by atoms with van der Waals surface area (Å²) < 4.78 is 7.47. The highest BCUT2D eigenvalue weighted by atomic mass is 16.3. The van der Waals surface area contributed by atoms with E-state index in [4.69, 9.17) is 4.42 Å². The minimum Gasteiger partial charge on any atom is -0.467 e. The first kappa shape index (κ1) is 13.9. The quantitative estimate of drug-likeness (QED) is 0.891. The van der Waals surface area contributed by atoms with Crippen LogP contribution < -0.4 is 10.6 Å². The van der Waals surface area contributed by atoms with E-state index in [0.29, 0.717) is 0 Å². The molecular weight excluding hydrogens is 268 g/mol. The number of rotatable bonds is 4. The molecule has 6 heteroatoms. The Morgan fingerprint density at radius 3 is 3.14 bits per heavy atom. The number of hydrogen-bond donors (Lipinski definition) is 2. The Bertz CT molecular complexity index is 591. The zero-order valence-electron chi connectivity index (χ0n) is 12.1. The average Bonchev–Trinajstić information content (AvgIpc) is 3.10. The van der Waals surface area contributed by atoms with E-state index in [1.165, 1.54) is 0 Å². The summed E-state index contributed by atoms with van der Waals surface area (Å²) >= 11 is 0. The van der Waals surface area contributed by atoms with Gasteiger partial charge < -0.3 is 14.3 Å². The fraction of sp³-hybridized carbons (Fsp3) is 0.467. The molecule has 1 aliphatic rings. The summed E-state index contributed by atoms with van der Waals surface area (Å²) in [5.41, 5.74) is 0. The summed E-state index contributed by atoms with van der Waals surface area (Å²) in [6.07, 6.45) is 8.16. The summed E-state index contributed by atoms with van der Waals surface area (Å²) in [5.74, 6) is 1.65. The van der Waals surface area contributed by atoms with Gasteiger partial charge in [-0.15, -0.1) is 0 Å². The third-order valence-electron chi connectivity index (χ3n) is 3.85. The topological polar surface area (TPSA) is 72.1 Å². The van der Waals surface area contributed by atoms with Gasteiger partial charge in [-0.05, 0) is 31.4 Å². The fourth-order valence-corrected chi connectivity index (χ4v) is 2.69. The Balaban J connectivity index is 1.86. The van der Waals surface area contributed by atoms with Crippen molar-refractivity contribution in [1.82, 2.24) is 20.2 Å². The number of carbonyl (C=O) groups excluding carboxylic acids is 1. The number of hydrogen-bond acceptors (Lipinski definition) is 4. The van der Waals surface area contributed by atoms with Gasteiger partial charge in [0.1, 0.15) is 17.6 Å². The van der Waals surface area contributed by atoms with Gasteiger partial charge in [-0.25, -0.2) is 4.98 Å². The highest BCUT2D eigenvalue weighted by Crippen LogP contribution is 2.22. The molecule has 0 aromatic carbocycles. The van der Waals surface area contributed by atoms with E-state index in [1.807, 2.05) is 29.9 Å². The zero-order chi connectivity index (χ0) is 14.7. The van der Waals surface area contributed by atoms with Crippen LogP contribution in [-0.2, 0) is 11.8 Å². The second kappa shape index (κ2) is 6.13. The molecule has 0 aliphatic carbocycles.